The zero-order valence-electron chi connectivity index (χ0n) is 16.9. The Morgan fingerprint density at radius 3 is 2.78 bits per heavy atom. The zero-order valence-corrected chi connectivity index (χ0v) is 17.8. The predicted octanol–water partition coefficient (Wildman–Crippen LogP) is 2.82. The number of carbonyl (C=O) groups excluding carboxylic acids is 1. The smallest absolute Gasteiger partial charge is 0.391 e. The van der Waals surface area contributed by atoms with Gasteiger partial charge >= 0.3 is 7.60 Å². The van der Waals surface area contributed by atoms with Crippen molar-refractivity contribution >= 4 is 30.5 Å². The minimum Gasteiger partial charge on any atom is -0.480 e. The molecule has 4 aromatic rings. The summed E-state index contributed by atoms with van der Waals surface area (Å²) in [5, 5.41) is 2.85. The lowest BCUT2D eigenvalue weighted by molar-refractivity contribution is -0.117. The Bertz CT molecular complexity index is 1380. The molecule has 11 heteroatoms. The van der Waals surface area contributed by atoms with Gasteiger partial charge in [0.25, 0.3) is 0 Å². The van der Waals surface area contributed by atoms with E-state index in [0.29, 0.717) is 22.6 Å². The Labute approximate surface area is 182 Å². The maximum atomic E-state index is 12.1. The number of aromatic nitrogens is 3. The lowest BCUT2D eigenvalue weighted by Gasteiger charge is -2.10. The van der Waals surface area contributed by atoms with Crippen LogP contribution in [0.4, 0.5) is 5.82 Å². The lowest BCUT2D eigenvalue weighted by atomic mass is 10.1. The molecule has 1 saturated carbocycles. The van der Waals surface area contributed by atoms with Gasteiger partial charge in [-0.3, -0.25) is 13.8 Å². The van der Waals surface area contributed by atoms with Gasteiger partial charge in [0.15, 0.2) is 5.82 Å². The number of furan rings is 1. The van der Waals surface area contributed by atoms with Crippen molar-refractivity contribution in [2.24, 2.45) is 5.92 Å². The van der Waals surface area contributed by atoms with Crippen LogP contribution < -0.4 is 15.6 Å². The van der Waals surface area contributed by atoms with E-state index < -0.39 is 13.1 Å². The molecule has 3 N–H and O–H groups in total. The third kappa shape index (κ3) is 3.80. The molecular formula is C21H19N4O6P. The van der Waals surface area contributed by atoms with Crippen molar-refractivity contribution in [2.75, 3.05) is 12.4 Å². The molecule has 0 unspecified atom stereocenters. The molecule has 0 bridgehead atoms. The van der Waals surface area contributed by atoms with Gasteiger partial charge in [-0.25, -0.2) is 9.97 Å². The van der Waals surface area contributed by atoms with Crippen molar-refractivity contribution in [3.05, 3.63) is 48.8 Å². The Hall–Kier alpha value is -3.46. The van der Waals surface area contributed by atoms with Gasteiger partial charge in [-0.15, -0.1) is 0 Å². The van der Waals surface area contributed by atoms with Crippen molar-refractivity contribution in [2.45, 2.75) is 12.8 Å². The van der Waals surface area contributed by atoms with Crippen molar-refractivity contribution in [3.63, 3.8) is 0 Å². The van der Waals surface area contributed by atoms with Gasteiger partial charge < -0.3 is 24.3 Å². The normalized spacial score (nSPS) is 14.0. The number of anilines is 1. The minimum atomic E-state index is -4.53. The number of hydrogen-bond acceptors (Lipinski definition) is 6. The highest BCUT2D eigenvalue weighted by atomic mass is 31.2. The monoisotopic (exact) mass is 454 g/mol. The number of ether oxygens (including phenoxy) is 1. The molecule has 4 heterocycles. The standard InChI is InChI=1S/C21H19N4O6P/c1-30-21-14(16-7-8-19(31-16)32(27,28)29)9-13(10-22-21)15-3-2-4-18-23-17(11-25(15)18)24-20(26)12-5-6-12/h2-4,7-12H,5-6H2,1H3,(H,24,26)(H2,27,28,29). The molecule has 1 aliphatic carbocycles. The summed E-state index contributed by atoms with van der Waals surface area (Å²) < 4.78 is 24.0. The summed E-state index contributed by atoms with van der Waals surface area (Å²) in [5.74, 6) is 0.967. The molecule has 0 radical (unpaired) electrons. The highest BCUT2D eigenvalue weighted by molar-refractivity contribution is 7.59. The lowest BCUT2D eigenvalue weighted by Crippen LogP contribution is -2.13. The number of pyridine rings is 2. The van der Waals surface area contributed by atoms with E-state index in [4.69, 9.17) is 9.15 Å². The van der Waals surface area contributed by atoms with Gasteiger partial charge in [-0.1, -0.05) is 6.07 Å². The SMILES string of the molecule is COc1ncc(-c2cccc3nc(NC(=O)C4CC4)cn23)cc1-c1ccc(P(=O)(O)O)o1. The molecular weight excluding hydrogens is 435 g/mol. The number of amides is 1. The molecule has 1 aliphatic rings. The number of nitrogens with zero attached hydrogens (tertiary/aromatic N) is 3. The summed E-state index contributed by atoms with van der Waals surface area (Å²) in [6, 6.07) is 9.98. The van der Waals surface area contributed by atoms with E-state index in [1.807, 2.05) is 22.6 Å². The van der Waals surface area contributed by atoms with Crippen molar-refractivity contribution in [1.82, 2.24) is 14.4 Å². The summed E-state index contributed by atoms with van der Waals surface area (Å²) in [6.45, 7) is 0. The first-order chi connectivity index (χ1) is 15.3. The van der Waals surface area contributed by atoms with Crippen LogP contribution in [0.3, 0.4) is 0 Å². The van der Waals surface area contributed by atoms with Crippen molar-refractivity contribution in [1.29, 1.82) is 0 Å². The summed E-state index contributed by atoms with van der Waals surface area (Å²) in [7, 11) is -3.08. The number of imidazole rings is 1. The zero-order chi connectivity index (χ0) is 22.5. The third-order valence-corrected chi connectivity index (χ3v) is 5.99. The van der Waals surface area contributed by atoms with Gasteiger partial charge in [0.1, 0.15) is 11.4 Å². The highest BCUT2D eigenvalue weighted by Crippen LogP contribution is 2.38. The largest absolute Gasteiger partial charge is 0.480 e. The molecule has 1 fully saturated rings. The maximum Gasteiger partial charge on any atom is 0.391 e. The fourth-order valence-corrected chi connectivity index (χ4v) is 3.93. The van der Waals surface area contributed by atoms with Gasteiger partial charge in [-0.2, -0.15) is 0 Å². The number of nitrogens with one attached hydrogen (secondary N) is 1. The van der Waals surface area contributed by atoms with Crippen LogP contribution in [0.15, 0.2) is 53.2 Å². The van der Waals surface area contributed by atoms with Crippen LogP contribution in [-0.4, -0.2) is 37.2 Å². The average molecular weight is 454 g/mol. The van der Waals surface area contributed by atoms with E-state index in [0.717, 1.165) is 18.5 Å². The van der Waals surface area contributed by atoms with E-state index in [9.17, 15) is 19.1 Å². The van der Waals surface area contributed by atoms with Crippen LogP contribution in [0.1, 0.15) is 12.8 Å². The van der Waals surface area contributed by atoms with Crippen LogP contribution in [0.5, 0.6) is 5.88 Å². The first-order valence-corrected chi connectivity index (χ1v) is 11.4. The number of methoxy groups -OCH3 is 1. The molecule has 0 saturated heterocycles. The fourth-order valence-electron chi connectivity index (χ4n) is 3.44. The summed E-state index contributed by atoms with van der Waals surface area (Å²) in [5.41, 5.74) is 2.09. The molecule has 0 atom stereocenters. The molecule has 4 aromatic heterocycles. The predicted molar refractivity (Wildman–Crippen MR) is 116 cm³/mol. The van der Waals surface area contributed by atoms with Gasteiger partial charge in [-0.05, 0) is 43.2 Å². The topological polar surface area (TPSA) is 139 Å². The van der Waals surface area contributed by atoms with E-state index in [-0.39, 0.29) is 23.5 Å². The van der Waals surface area contributed by atoms with Crippen LogP contribution in [-0.2, 0) is 9.36 Å². The van der Waals surface area contributed by atoms with Crippen LogP contribution in [0.25, 0.3) is 28.2 Å². The third-order valence-electron chi connectivity index (χ3n) is 5.18. The highest BCUT2D eigenvalue weighted by Gasteiger charge is 2.30. The second kappa shape index (κ2) is 7.59. The Morgan fingerprint density at radius 1 is 1.28 bits per heavy atom. The molecule has 0 spiro atoms. The molecule has 32 heavy (non-hydrogen) atoms. The van der Waals surface area contributed by atoms with E-state index in [1.54, 1.807) is 18.5 Å². The number of fused-ring (bicyclic) bond motifs is 1. The molecule has 0 aliphatic heterocycles. The van der Waals surface area contributed by atoms with Gasteiger partial charge in [0.2, 0.25) is 17.3 Å². The molecule has 1 amide bonds. The number of carbonyl (C=O) groups is 1. The second-order valence-electron chi connectivity index (χ2n) is 7.49. The molecule has 0 aromatic carbocycles. The summed E-state index contributed by atoms with van der Waals surface area (Å²) >= 11 is 0. The fraction of sp³-hybridized carbons (Fsp3) is 0.190. The minimum absolute atomic E-state index is 0.0259. The van der Waals surface area contributed by atoms with Crippen LogP contribution in [0.2, 0.25) is 0 Å². The average Bonchev–Trinajstić information content (AvgIpc) is 3.34. The second-order valence-corrected chi connectivity index (χ2v) is 9.02. The maximum absolute atomic E-state index is 12.1. The van der Waals surface area contributed by atoms with Gasteiger partial charge in [0, 0.05) is 17.7 Å². The first-order valence-electron chi connectivity index (χ1n) is 9.83. The summed E-state index contributed by atoms with van der Waals surface area (Å²) in [4.78, 5) is 39.6. The first kappa shape index (κ1) is 20.4. The van der Waals surface area contributed by atoms with Crippen LogP contribution in [0, 0.1) is 5.92 Å². The van der Waals surface area contributed by atoms with E-state index >= 15 is 0 Å². The van der Waals surface area contributed by atoms with E-state index in [1.165, 1.54) is 19.2 Å². The van der Waals surface area contributed by atoms with Crippen molar-refractivity contribution < 1.29 is 28.3 Å². The van der Waals surface area contributed by atoms with Gasteiger partial charge in [0.05, 0.1) is 24.6 Å². The Balaban J connectivity index is 1.56. The molecule has 5 rings (SSSR count). The Kier molecular flexibility index (Phi) is 4.85. The Morgan fingerprint density at radius 2 is 2.09 bits per heavy atom. The molecule has 164 valence electrons. The van der Waals surface area contributed by atoms with Crippen molar-refractivity contribution in [3.8, 4) is 28.5 Å². The molecule has 10 nitrogen and oxygen atoms in total. The summed E-state index contributed by atoms with van der Waals surface area (Å²) in [6.07, 6.45) is 5.17. The van der Waals surface area contributed by atoms with E-state index in [2.05, 4.69) is 15.3 Å². The quantitative estimate of drug-likeness (QED) is 0.378. The number of rotatable bonds is 6. The van der Waals surface area contributed by atoms with Crippen LogP contribution >= 0.6 is 7.60 Å². The number of hydrogen-bond donors (Lipinski definition) is 3.